The summed E-state index contributed by atoms with van der Waals surface area (Å²) in [6, 6.07) is 0. The highest BCUT2D eigenvalue weighted by molar-refractivity contribution is 5.66. The summed E-state index contributed by atoms with van der Waals surface area (Å²) < 4.78 is 5.69. The first-order valence-electron chi connectivity index (χ1n) is 6.33. The quantitative estimate of drug-likeness (QED) is 0.592. The van der Waals surface area contributed by atoms with Crippen LogP contribution in [0.2, 0.25) is 0 Å². The van der Waals surface area contributed by atoms with Gasteiger partial charge in [0.1, 0.15) is 0 Å². The number of nitrogens with one attached hydrogen (secondary N) is 1. The average Bonchev–Trinajstić information content (AvgIpc) is 2.74. The topological polar surface area (TPSA) is 58.6 Å². The van der Waals surface area contributed by atoms with E-state index in [9.17, 15) is 4.79 Å². The molecule has 0 aromatic rings. The van der Waals surface area contributed by atoms with Crippen molar-refractivity contribution in [2.45, 2.75) is 51.0 Å². The van der Waals surface area contributed by atoms with Gasteiger partial charge in [-0.3, -0.25) is 4.79 Å². The Hall–Kier alpha value is -0.610. The van der Waals surface area contributed by atoms with Crippen LogP contribution in [0.15, 0.2) is 0 Å². The minimum atomic E-state index is -0.704. The van der Waals surface area contributed by atoms with Crippen LogP contribution in [0, 0.1) is 0 Å². The zero-order valence-electron chi connectivity index (χ0n) is 9.91. The van der Waals surface area contributed by atoms with E-state index >= 15 is 0 Å². The number of hydrogen-bond acceptors (Lipinski definition) is 3. The molecule has 1 rings (SSSR count). The molecule has 0 atom stereocenters. The Bertz CT molecular complexity index is 191. The number of ether oxygens (including phenoxy) is 1. The highest BCUT2D eigenvalue weighted by Gasteiger charge is 2.14. The fraction of sp³-hybridized carbons (Fsp3) is 0.917. The van der Waals surface area contributed by atoms with Gasteiger partial charge in [0.25, 0.3) is 0 Å². The molecule has 0 aliphatic heterocycles. The van der Waals surface area contributed by atoms with Crippen LogP contribution in [0.25, 0.3) is 0 Å². The fourth-order valence-corrected chi connectivity index (χ4v) is 2.00. The third kappa shape index (κ3) is 6.80. The first-order chi connectivity index (χ1) is 7.79. The molecule has 16 heavy (non-hydrogen) atoms. The van der Waals surface area contributed by atoms with E-state index in [1.54, 1.807) is 0 Å². The molecule has 0 radical (unpaired) electrons. The van der Waals surface area contributed by atoms with Crippen LogP contribution >= 0.6 is 0 Å². The van der Waals surface area contributed by atoms with E-state index in [1.807, 2.05) is 0 Å². The molecular formula is C12H23NO3. The Kier molecular flexibility index (Phi) is 7.17. The Morgan fingerprint density at radius 3 is 2.69 bits per heavy atom. The van der Waals surface area contributed by atoms with E-state index < -0.39 is 5.97 Å². The average molecular weight is 229 g/mol. The molecule has 0 spiro atoms. The maximum atomic E-state index is 10.2. The molecule has 0 heterocycles. The number of hydrogen-bond donors (Lipinski definition) is 2. The van der Waals surface area contributed by atoms with E-state index in [0.717, 1.165) is 32.5 Å². The summed E-state index contributed by atoms with van der Waals surface area (Å²) in [5.41, 5.74) is 0. The van der Waals surface area contributed by atoms with Gasteiger partial charge in [0, 0.05) is 13.0 Å². The molecule has 0 saturated heterocycles. The maximum absolute atomic E-state index is 10.2. The van der Waals surface area contributed by atoms with Crippen molar-refractivity contribution in [3.63, 3.8) is 0 Å². The van der Waals surface area contributed by atoms with E-state index in [2.05, 4.69) is 5.32 Å². The van der Waals surface area contributed by atoms with Gasteiger partial charge in [-0.2, -0.15) is 0 Å². The third-order valence-electron chi connectivity index (χ3n) is 2.93. The molecule has 0 bridgehead atoms. The predicted molar refractivity (Wildman–Crippen MR) is 62.6 cm³/mol. The lowest BCUT2D eigenvalue weighted by Crippen LogP contribution is -2.23. The zero-order valence-corrected chi connectivity index (χ0v) is 9.91. The van der Waals surface area contributed by atoms with Crippen molar-refractivity contribution < 1.29 is 14.6 Å². The smallest absolute Gasteiger partial charge is 0.303 e. The normalized spacial score (nSPS) is 16.8. The standard InChI is InChI=1S/C12H23NO3/c14-12(15)7-3-4-8-13-9-10-16-11-5-1-2-6-11/h11,13H,1-10H2,(H,14,15). The van der Waals surface area contributed by atoms with Crippen LogP contribution in [0.3, 0.4) is 0 Å². The number of aliphatic carboxylic acids is 1. The summed E-state index contributed by atoms with van der Waals surface area (Å²) in [4.78, 5) is 10.2. The molecule has 4 heteroatoms. The Labute approximate surface area is 97.4 Å². The second kappa shape index (κ2) is 8.53. The SMILES string of the molecule is O=C(O)CCCCNCCOC1CCCC1. The molecule has 94 valence electrons. The molecular weight excluding hydrogens is 206 g/mol. The monoisotopic (exact) mass is 229 g/mol. The first kappa shape index (κ1) is 13.5. The third-order valence-corrected chi connectivity index (χ3v) is 2.93. The second-order valence-electron chi connectivity index (χ2n) is 4.38. The van der Waals surface area contributed by atoms with Gasteiger partial charge in [0.05, 0.1) is 12.7 Å². The molecule has 0 amide bonds. The summed E-state index contributed by atoms with van der Waals surface area (Å²) in [6.45, 7) is 2.55. The van der Waals surface area contributed by atoms with Gasteiger partial charge in [-0.1, -0.05) is 12.8 Å². The zero-order chi connectivity index (χ0) is 11.6. The Morgan fingerprint density at radius 1 is 1.25 bits per heavy atom. The largest absolute Gasteiger partial charge is 0.481 e. The molecule has 2 N–H and O–H groups in total. The van der Waals surface area contributed by atoms with E-state index in [0.29, 0.717) is 6.10 Å². The lowest BCUT2D eigenvalue weighted by molar-refractivity contribution is -0.137. The number of unbranched alkanes of at least 4 members (excludes halogenated alkanes) is 1. The van der Waals surface area contributed by atoms with Gasteiger partial charge in [0.15, 0.2) is 0 Å². The number of carboxylic acid groups (broad SMARTS) is 1. The molecule has 1 aliphatic carbocycles. The van der Waals surface area contributed by atoms with Crippen molar-refractivity contribution in [2.24, 2.45) is 0 Å². The molecule has 4 nitrogen and oxygen atoms in total. The van der Waals surface area contributed by atoms with Gasteiger partial charge in [-0.05, 0) is 32.2 Å². The molecule has 1 aliphatic rings. The van der Waals surface area contributed by atoms with Gasteiger partial charge < -0.3 is 15.2 Å². The van der Waals surface area contributed by atoms with Crippen molar-refractivity contribution in [2.75, 3.05) is 19.7 Å². The van der Waals surface area contributed by atoms with Gasteiger partial charge in [-0.15, -0.1) is 0 Å². The van der Waals surface area contributed by atoms with Crippen LogP contribution in [0.5, 0.6) is 0 Å². The van der Waals surface area contributed by atoms with Crippen molar-refractivity contribution in [3.05, 3.63) is 0 Å². The van der Waals surface area contributed by atoms with Crippen molar-refractivity contribution in [1.82, 2.24) is 5.32 Å². The van der Waals surface area contributed by atoms with Crippen LogP contribution in [-0.2, 0) is 9.53 Å². The van der Waals surface area contributed by atoms with E-state index in [1.165, 1.54) is 25.7 Å². The van der Waals surface area contributed by atoms with Crippen LogP contribution in [0.1, 0.15) is 44.9 Å². The van der Waals surface area contributed by atoms with Crippen molar-refractivity contribution in [1.29, 1.82) is 0 Å². The molecule has 0 aromatic carbocycles. The molecule has 0 aromatic heterocycles. The number of carboxylic acids is 1. The van der Waals surface area contributed by atoms with Gasteiger partial charge in [0.2, 0.25) is 0 Å². The number of rotatable bonds is 9. The van der Waals surface area contributed by atoms with E-state index in [-0.39, 0.29) is 6.42 Å². The van der Waals surface area contributed by atoms with Crippen molar-refractivity contribution >= 4 is 5.97 Å². The summed E-state index contributed by atoms with van der Waals surface area (Å²) in [7, 11) is 0. The van der Waals surface area contributed by atoms with Crippen LogP contribution in [-0.4, -0.2) is 36.9 Å². The fourth-order valence-electron chi connectivity index (χ4n) is 2.00. The maximum Gasteiger partial charge on any atom is 0.303 e. The summed E-state index contributed by atoms with van der Waals surface area (Å²) in [6.07, 6.45) is 7.52. The molecule has 1 fully saturated rings. The lowest BCUT2D eigenvalue weighted by atomic mass is 10.2. The highest BCUT2D eigenvalue weighted by Crippen LogP contribution is 2.20. The van der Waals surface area contributed by atoms with Crippen LogP contribution < -0.4 is 5.32 Å². The van der Waals surface area contributed by atoms with Crippen molar-refractivity contribution in [3.8, 4) is 0 Å². The van der Waals surface area contributed by atoms with Gasteiger partial charge in [-0.25, -0.2) is 0 Å². The summed E-state index contributed by atoms with van der Waals surface area (Å²) in [5.74, 6) is -0.704. The predicted octanol–water partition coefficient (Wildman–Crippen LogP) is 1.79. The minimum Gasteiger partial charge on any atom is -0.481 e. The highest BCUT2D eigenvalue weighted by atomic mass is 16.5. The van der Waals surface area contributed by atoms with Crippen LogP contribution in [0.4, 0.5) is 0 Å². The number of carbonyl (C=O) groups is 1. The molecule has 1 saturated carbocycles. The minimum absolute atomic E-state index is 0.278. The summed E-state index contributed by atoms with van der Waals surface area (Å²) >= 11 is 0. The summed E-state index contributed by atoms with van der Waals surface area (Å²) in [5, 5.41) is 11.7. The molecule has 0 unspecified atom stereocenters. The first-order valence-corrected chi connectivity index (χ1v) is 6.33. The van der Waals surface area contributed by atoms with E-state index in [4.69, 9.17) is 9.84 Å². The lowest BCUT2D eigenvalue weighted by Gasteiger charge is -2.11. The second-order valence-corrected chi connectivity index (χ2v) is 4.38. The van der Waals surface area contributed by atoms with Gasteiger partial charge >= 0.3 is 5.97 Å². The Balaban J connectivity index is 1.76. The Morgan fingerprint density at radius 2 is 2.00 bits per heavy atom.